The van der Waals surface area contributed by atoms with Gasteiger partial charge in [0.2, 0.25) is 15.9 Å². The predicted molar refractivity (Wildman–Crippen MR) is 124 cm³/mol. The molecule has 0 aliphatic heterocycles. The van der Waals surface area contributed by atoms with Crippen molar-refractivity contribution < 1.29 is 32.2 Å². The van der Waals surface area contributed by atoms with Crippen molar-refractivity contribution in [2.24, 2.45) is 5.92 Å². The molecule has 0 unspecified atom stereocenters. The molecule has 11 heteroatoms. The predicted octanol–water partition coefficient (Wildman–Crippen LogP) is 2.83. The average molecular weight is 480 g/mol. The van der Waals surface area contributed by atoms with Gasteiger partial charge in [0.05, 0.1) is 18.6 Å². The summed E-state index contributed by atoms with van der Waals surface area (Å²) in [7, 11) is -0.975. The Morgan fingerprint density at radius 3 is 2.15 bits per heavy atom. The van der Waals surface area contributed by atoms with E-state index in [1.807, 2.05) is 0 Å². The molecular weight excluding hydrogens is 450 g/mol. The second kappa shape index (κ2) is 12.2. The minimum Gasteiger partial charge on any atom is -0.497 e. The lowest BCUT2D eigenvalue weighted by Gasteiger charge is -2.22. The molecule has 180 valence electrons. The third kappa shape index (κ3) is 8.04. The van der Waals surface area contributed by atoms with Crippen LogP contribution in [-0.2, 0) is 24.3 Å². The van der Waals surface area contributed by atoms with Crippen LogP contribution in [-0.4, -0.2) is 53.9 Å². The molecule has 0 bridgehead atoms. The molecule has 0 aromatic heterocycles. The highest BCUT2D eigenvalue weighted by Gasteiger charge is 2.28. The molecule has 2 rings (SSSR count). The van der Waals surface area contributed by atoms with Gasteiger partial charge in [-0.05, 0) is 48.4 Å². The van der Waals surface area contributed by atoms with Crippen LogP contribution in [0.2, 0.25) is 0 Å². The zero-order chi connectivity index (χ0) is 24.4. The van der Waals surface area contributed by atoms with Crippen LogP contribution in [0.25, 0.3) is 0 Å². The van der Waals surface area contributed by atoms with Crippen molar-refractivity contribution in [3.63, 3.8) is 0 Å². The summed E-state index contributed by atoms with van der Waals surface area (Å²) in [5, 5.41) is 5.23. The monoisotopic (exact) mass is 479 g/mol. The van der Waals surface area contributed by atoms with E-state index in [0.717, 1.165) is 0 Å². The van der Waals surface area contributed by atoms with Gasteiger partial charge in [-0.25, -0.2) is 13.2 Å². The van der Waals surface area contributed by atoms with Crippen molar-refractivity contribution in [3.8, 4) is 5.75 Å². The Morgan fingerprint density at radius 2 is 1.58 bits per heavy atom. The van der Waals surface area contributed by atoms with Gasteiger partial charge in [-0.3, -0.25) is 10.1 Å². The highest BCUT2D eigenvalue weighted by Crippen LogP contribution is 2.19. The Morgan fingerprint density at radius 1 is 0.939 bits per heavy atom. The van der Waals surface area contributed by atoms with E-state index in [9.17, 15) is 18.0 Å². The highest BCUT2D eigenvalue weighted by molar-refractivity contribution is 7.89. The zero-order valence-corrected chi connectivity index (χ0v) is 19.8. The first-order valence-electron chi connectivity index (χ1n) is 10.2. The molecule has 0 radical (unpaired) electrons. The smallest absolute Gasteiger partial charge is 0.411 e. The molecular formula is C22H29N3O7S. The fraction of sp³-hybridized carbons (Fsp3) is 0.364. The molecule has 0 aliphatic rings. The first kappa shape index (κ1) is 26.1. The quantitative estimate of drug-likeness (QED) is 0.422. The molecule has 2 amide bonds. The lowest BCUT2D eigenvalue weighted by Crippen LogP contribution is -2.47. The van der Waals surface area contributed by atoms with E-state index in [4.69, 9.17) is 14.2 Å². The van der Waals surface area contributed by atoms with Gasteiger partial charge in [-0.15, -0.1) is 0 Å². The first-order chi connectivity index (χ1) is 15.7. The number of anilines is 2. The number of carbonyl (C=O) groups excluding carboxylic acids is 2. The molecule has 2 aromatic rings. The van der Waals surface area contributed by atoms with E-state index in [1.165, 1.54) is 44.6 Å². The van der Waals surface area contributed by atoms with Crippen molar-refractivity contribution in [1.29, 1.82) is 0 Å². The summed E-state index contributed by atoms with van der Waals surface area (Å²) in [6.45, 7) is 3.83. The number of hydrogen-bond donors (Lipinski definition) is 3. The van der Waals surface area contributed by atoms with Gasteiger partial charge in [-0.2, -0.15) is 4.72 Å². The number of hydrogen-bond acceptors (Lipinski definition) is 7. The summed E-state index contributed by atoms with van der Waals surface area (Å²) in [6, 6.07) is 11.2. The Kier molecular flexibility index (Phi) is 9.64. The van der Waals surface area contributed by atoms with Gasteiger partial charge in [-0.1, -0.05) is 19.9 Å². The molecule has 3 N–H and O–H groups in total. The van der Waals surface area contributed by atoms with Gasteiger partial charge in [0.25, 0.3) is 0 Å². The molecule has 10 nitrogen and oxygen atoms in total. The zero-order valence-electron chi connectivity index (χ0n) is 19.0. The summed E-state index contributed by atoms with van der Waals surface area (Å²) < 4.78 is 42.8. The third-order valence-corrected chi connectivity index (χ3v) is 5.96. The minimum atomic E-state index is -3.95. The third-order valence-electron chi connectivity index (χ3n) is 4.50. The number of benzene rings is 2. The van der Waals surface area contributed by atoms with Crippen LogP contribution in [0.3, 0.4) is 0 Å². The maximum absolute atomic E-state index is 12.9. The molecule has 0 spiro atoms. The number of methoxy groups -OCH3 is 2. The summed E-state index contributed by atoms with van der Waals surface area (Å²) in [4.78, 5) is 24.7. The summed E-state index contributed by atoms with van der Waals surface area (Å²) in [5.41, 5.74) is 0.777. The molecule has 0 heterocycles. The molecule has 1 atom stereocenters. The van der Waals surface area contributed by atoms with Crippen LogP contribution in [0, 0.1) is 5.92 Å². The fourth-order valence-corrected chi connectivity index (χ4v) is 4.09. The Labute approximate surface area is 193 Å². The maximum Gasteiger partial charge on any atom is 0.411 e. The molecule has 0 aliphatic carbocycles. The van der Waals surface area contributed by atoms with E-state index < -0.39 is 28.1 Å². The molecule has 0 saturated heterocycles. The van der Waals surface area contributed by atoms with E-state index >= 15 is 0 Å². The average Bonchev–Trinajstić information content (AvgIpc) is 2.77. The van der Waals surface area contributed by atoms with Crippen molar-refractivity contribution in [2.75, 3.05) is 38.1 Å². The maximum atomic E-state index is 12.9. The van der Waals surface area contributed by atoms with Crippen molar-refractivity contribution in [1.82, 2.24) is 4.72 Å². The summed E-state index contributed by atoms with van der Waals surface area (Å²) in [5.74, 6) is -0.361. The SMILES string of the molecule is COCCOC(=O)Nc1cccc(NC(=O)[C@@H](NS(=O)(=O)c2ccc(OC)cc2)C(C)C)c1. The van der Waals surface area contributed by atoms with Gasteiger partial charge >= 0.3 is 6.09 Å². The summed E-state index contributed by atoms with van der Waals surface area (Å²) >= 11 is 0. The Bertz CT molecular complexity index is 1040. The number of amides is 2. The van der Waals surface area contributed by atoms with Crippen molar-refractivity contribution in [2.45, 2.75) is 24.8 Å². The van der Waals surface area contributed by atoms with E-state index in [2.05, 4.69) is 15.4 Å². The van der Waals surface area contributed by atoms with Gasteiger partial charge in [0.15, 0.2) is 0 Å². The number of rotatable bonds is 11. The van der Waals surface area contributed by atoms with E-state index in [0.29, 0.717) is 17.1 Å². The lowest BCUT2D eigenvalue weighted by molar-refractivity contribution is -0.118. The number of carbonyl (C=O) groups is 2. The van der Waals surface area contributed by atoms with E-state index in [-0.39, 0.29) is 24.0 Å². The molecule has 0 saturated carbocycles. The highest BCUT2D eigenvalue weighted by atomic mass is 32.2. The van der Waals surface area contributed by atoms with Gasteiger partial charge in [0.1, 0.15) is 18.4 Å². The second-order valence-electron chi connectivity index (χ2n) is 7.34. The van der Waals surface area contributed by atoms with Crippen molar-refractivity contribution >= 4 is 33.4 Å². The Balaban J connectivity index is 2.08. The molecule has 2 aromatic carbocycles. The van der Waals surface area contributed by atoms with Crippen molar-refractivity contribution in [3.05, 3.63) is 48.5 Å². The van der Waals surface area contributed by atoms with Crippen LogP contribution >= 0.6 is 0 Å². The number of nitrogens with one attached hydrogen (secondary N) is 3. The molecule has 0 fully saturated rings. The number of sulfonamides is 1. The second-order valence-corrected chi connectivity index (χ2v) is 9.06. The number of ether oxygens (including phenoxy) is 3. The van der Waals surface area contributed by atoms with Crippen LogP contribution in [0.1, 0.15) is 13.8 Å². The van der Waals surface area contributed by atoms with Crippen LogP contribution in [0.4, 0.5) is 16.2 Å². The van der Waals surface area contributed by atoms with Crippen LogP contribution < -0.4 is 20.1 Å². The largest absolute Gasteiger partial charge is 0.497 e. The molecule has 33 heavy (non-hydrogen) atoms. The fourth-order valence-electron chi connectivity index (χ4n) is 2.75. The standard InChI is InChI=1S/C22H29N3O7S/c1-15(2)20(25-33(28,29)19-10-8-18(31-4)9-11-19)21(26)23-16-6-5-7-17(14-16)24-22(27)32-13-12-30-3/h5-11,14-15,20,25H,12-13H2,1-4H3,(H,23,26)(H,24,27)/t20-/m0/s1. The topological polar surface area (TPSA) is 132 Å². The first-order valence-corrected chi connectivity index (χ1v) is 11.6. The Hall–Kier alpha value is -3.15. The lowest BCUT2D eigenvalue weighted by atomic mass is 10.0. The normalized spacial score (nSPS) is 12.2. The summed E-state index contributed by atoms with van der Waals surface area (Å²) in [6.07, 6.45) is -0.664. The van der Waals surface area contributed by atoms with E-state index in [1.54, 1.807) is 32.0 Å². The van der Waals surface area contributed by atoms with Gasteiger partial charge in [0, 0.05) is 18.5 Å². The minimum absolute atomic E-state index is 0.0138. The van der Waals surface area contributed by atoms with Gasteiger partial charge < -0.3 is 19.5 Å². The van der Waals surface area contributed by atoms with Crippen LogP contribution in [0.5, 0.6) is 5.75 Å². The van der Waals surface area contributed by atoms with Crippen LogP contribution in [0.15, 0.2) is 53.4 Å².